The van der Waals surface area contributed by atoms with Gasteiger partial charge in [0.2, 0.25) is 5.91 Å². The van der Waals surface area contributed by atoms with Crippen LogP contribution >= 0.6 is 22.9 Å². The van der Waals surface area contributed by atoms with Crippen LogP contribution in [0.15, 0.2) is 48.0 Å². The fourth-order valence-electron chi connectivity index (χ4n) is 2.62. The van der Waals surface area contributed by atoms with Crippen molar-refractivity contribution < 1.29 is 14.3 Å². The Morgan fingerprint density at radius 3 is 2.68 bits per heavy atom. The molecule has 3 aromatic rings. The van der Waals surface area contributed by atoms with Crippen molar-refractivity contribution in [1.82, 2.24) is 9.97 Å². The summed E-state index contributed by atoms with van der Waals surface area (Å²) in [7, 11) is 0. The van der Waals surface area contributed by atoms with E-state index in [4.69, 9.17) is 16.3 Å². The number of carbonyl (C=O) groups is 2. The number of benzene rings is 1. The summed E-state index contributed by atoms with van der Waals surface area (Å²) in [6, 6.07) is 10.8. The molecule has 0 atom stereocenters. The normalized spacial score (nSPS) is 10.5. The van der Waals surface area contributed by atoms with Gasteiger partial charge in [0.05, 0.1) is 16.9 Å². The van der Waals surface area contributed by atoms with Gasteiger partial charge in [0.25, 0.3) is 0 Å². The van der Waals surface area contributed by atoms with Gasteiger partial charge in [0.1, 0.15) is 11.8 Å². The lowest BCUT2D eigenvalue weighted by Crippen LogP contribution is -2.23. The molecule has 0 spiro atoms. The Hall–Kier alpha value is -2.77. The van der Waals surface area contributed by atoms with Crippen LogP contribution in [0.2, 0.25) is 5.15 Å². The number of hydrogen-bond donors (Lipinski definition) is 0. The van der Waals surface area contributed by atoms with Gasteiger partial charge in [-0.2, -0.15) is 0 Å². The molecule has 144 valence electrons. The third-order valence-electron chi connectivity index (χ3n) is 3.97. The first-order chi connectivity index (χ1) is 13.5. The Morgan fingerprint density at radius 2 is 2.00 bits per heavy atom. The van der Waals surface area contributed by atoms with Gasteiger partial charge in [-0.25, -0.2) is 14.8 Å². The Balaban J connectivity index is 1.75. The van der Waals surface area contributed by atoms with E-state index >= 15 is 0 Å². The maximum Gasteiger partial charge on any atom is 0.340 e. The van der Waals surface area contributed by atoms with E-state index in [2.05, 4.69) is 9.97 Å². The second-order valence-corrected chi connectivity index (χ2v) is 7.13. The first-order valence-corrected chi connectivity index (χ1v) is 9.87. The van der Waals surface area contributed by atoms with Gasteiger partial charge in [-0.15, -0.1) is 11.3 Å². The SMILES string of the molecule is CCc1ccccc1N(C(C)=O)c1nc(COC(=O)c2ccc(Cl)nc2)cs1. The maximum atomic E-state index is 12.3. The number of ether oxygens (including phenoxy) is 1. The summed E-state index contributed by atoms with van der Waals surface area (Å²) in [4.78, 5) is 34.3. The highest BCUT2D eigenvalue weighted by molar-refractivity contribution is 7.14. The van der Waals surface area contributed by atoms with Crippen LogP contribution in [0.25, 0.3) is 0 Å². The summed E-state index contributed by atoms with van der Waals surface area (Å²) in [6.45, 7) is 3.54. The number of halogens is 1. The molecule has 3 rings (SSSR count). The molecule has 1 amide bonds. The molecule has 0 aliphatic heterocycles. The molecular weight excluding hydrogens is 398 g/mol. The molecule has 6 nitrogen and oxygen atoms in total. The number of nitrogens with zero attached hydrogens (tertiary/aromatic N) is 3. The molecule has 0 radical (unpaired) electrons. The van der Waals surface area contributed by atoms with Crippen molar-refractivity contribution in [1.29, 1.82) is 0 Å². The minimum atomic E-state index is -0.515. The predicted molar refractivity (Wildman–Crippen MR) is 109 cm³/mol. The van der Waals surface area contributed by atoms with E-state index < -0.39 is 5.97 Å². The van der Waals surface area contributed by atoms with Crippen LogP contribution in [0.5, 0.6) is 0 Å². The van der Waals surface area contributed by atoms with Gasteiger partial charge < -0.3 is 4.74 Å². The molecule has 0 saturated heterocycles. The molecule has 0 bridgehead atoms. The summed E-state index contributed by atoms with van der Waals surface area (Å²) >= 11 is 7.04. The molecular formula is C20H18ClN3O3S. The van der Waals surface area contributed by atoms with E-state index in [9.17, 15) is 9.59 Å². The fourth-order valence-corrected chi connectivity index (χ4v) is 3.60. The quantitative estimate of drug-likeness (QED) is 0.427. The summed E-state index contributed by atoms with van der Waals surface area (Å²) in [5.41, 5.74) is 2.73. The molecule has 28 heavy (non-hydrogen) atoms. The second-order valence-electron chi connectivity index (χ2n) is 5.90. The largest absolute Gasteiger partial charge is 0.456 e. The number of carbonyl (C=O) groups excluding carboxylic acids is 2. The van der Waals surface area contributed by atoms with Gasteiger partial charge in [-0.3, -0.25) is 9.69 Å². The molecule has 2 heterocycles. The van der Waals surface area contributed by atoms with Crippen molar-refractivity contribution in [2.45, 2.75) is 26.9 Å². The number of aryl methyl sites for hydroxylation is 1. The predicted octanol–water partition coefficient (Wildman–Crippen LogP) is 4.80. The number of esters is 1. The summed E-state index contributed by atoms with van der Waals surface area (Å²) in [5.74, 6) is -0.649. The molecule has 1 aromatic carbocycles. The van der Waals surface area contributed by atoms with Gasteiger partial charge in [-0.1, -0.05) is 36.7 Å². The summed E-state index contributed by atoms with van der Waals surface area (Å²) < 4.78 is 5.28. The highest BCUT2D eigenvalue weighted by Crippen LogP contribution is 2.31. The Morgan fingerprint density at radius 1 is 1.21 bits per heavy atom. The highest BCUT2D eigenvalue weighted by atomic mass is 35.5. The Bertz CT molecular complexity index is 988. The van der Waals surface area contributed by atoms with Gasteiger partial charge >= 0.3 is 5.97 Å². The van der Waals surface area contributed by atoms with E-state index in [1.807, 2.05) is 31.2 Å². The number of anilines is 2. The average molecular weight is 416 g/mol. The second kappa shape index (κ2) is 8.95. The number of hydrogen-bond acceptors (Lipinski definition) is 6. The number of amides is 1. The monoisotopic (exact) mass is 415 g/mol. The van der Waals surface area contributed by atoms with Crippen molar-refractivity contribution >= 4 is 45.6 Å². The zero-order valence-corrected chi connectivity index (χ0v) is 17.0. The molecule has 8 heteroatoms. The Labute approximate surface area is 171 Å². The van der Waals surface area contributed by atoms with E-state index in [1.54, 1.807) is 16.3 Å². The highest BCUT2D eigenvalue weighted by Gasteiger charge is 2.20. The first-order valence-electron chi connectivity index (χ1n) is 8.61. The molecule has 2 aromatic heterocycles. The topological polar surface area (TPSA) is 72.4 Å². The maximum absolute atomic E-state index is 12.3. The van der Waals surface area contributed by atoms with Crippen molar-refractivity contribution in [2.75, 3.05) is 4.90 Å². The van der Waals surface area contributed by atoms with Crippen molar-refractivity contribution in [3.8, 4) is 0 Å². The number of para-hydroxylation sites is 1. The summed E-state index contributed by atoms with van der Waals surface area (Å²) in [6.07, 6.45) is 2.15. The first kappa shape index (κ1) is 20.0. The van der Waals surface area contributed by atoms with E-state index in [0.29, 0.717) is 21.5 Å². The van der Waals surface area contributed by atoms with Gasteiger partial charge in [0, 0.05) is 18.5 Å². The molecule has 0 aliphatic rings. The molecule has 0 unspecified atom stereocenters. The van der Waals surface area contributed by atoms with E-state index in [-0.39, 0.29) is 12.5 Å². The summed E-state index contributed by atoms with van der Waals surface area (Å²) in [5, 5.41) is 2.61. The van der Waals surface area contributed by atoms with E-state index in [0.717, 1.165) is 17.7 Å². The smallest absolute Gasteiger partial charge is 0.340 e. The number of thiazole rings is 1. The standard InChI is InChI=1S/C20H18ClN3O3S/c1-3-14-6-4-5-7-17(14)24(13(2)25)20-23-16(12-28-20)11-27-19(26)15-8-9-18(21)22-10-15/h4-10,12H,3,11H2,1-2H3. The van der Waals surface area contributed by atoms with Crippen LogP contribution < -0.4 is 4.90 Å². The third-order valence-corrected chi connectivity index (χ3v) is 5.07. The van der Waals surface area contributed by atoms with Crippen LogP contribution in [-0.4, -0.2) is 21.8 Å². The average Bonchev–Trinajstić information content (AvgIpc) is 3.15. The number of pyridine rings is 1. The van der Waals surface area contributed by atoms with Crippen LogP contribution in [0.1, 0.15) is 35.5 Å². The number of rotatable bonds is 6. The minimum Gasteiger partial charge on any atom is -0.456 e. The van der Waals surface area contributed by atoms with Crippen molar-refractivity contribution in [3.05, 3.63) is 69.9 Å². The molecule has 0 N–H and O–H groups in total. The molecule has 0 fully saturated rings. The van der Waals surface area contributed by atoms with Crippen molar-refractivity contribution in [2.24, 2.45) is 0 Å². The zero-order chi connectivity index (χ0) is 20.1. The zero-order valence-electron chi connectivity index (χ0n) is 15.4. The lowest BCUT2D eigenvalue weighted by molar-refractivity contribution is -0.115. The minimum absolute atomic E-state index is 0.000864. The Kier molecular flexibility index (Phi) is 6.38. The van der Waals surface area contributed by atoms with Crippen molar-refractivity contribution in [3.63, 3.8) is 0 Å². The number of aromatic nitrogens is 2. The van der Waals surface area contributed by atoms with Crippen LogP contribution in [0.4, 0.5) is 10.8 Å². The third kappa shape index (κ3) is 4.55. The molecule has 0 aliphatic carbocycles. The van der Waals surface area contributed by atoms with Crippen LogP contribution in [-0.2, 0) is 22.6 Å². The van der Waals surface area contributed by atoms with Gasteiger partial charge in [0.15, 0.2) is 5.13 Å². The van der Waals surface area contributed by atoms with Gasteiger partial charge in [-0.05, 0) is 30.2 Å². The fraction of sp³-hybridized carbons (Fsp3) is 0.200. The van der Waals surface area contributed by atoms with Crippen LogP contribution in [0.3, 0.4) is 0 Å². The van der Waals surface area contributed by atoms with E-state index in [1.165, 1.54) is 30.5 Å². The lowest BCUT2D eigenvalue weighted by Gasteiger charge is -2.20. The molecule has 0 saturated carbocycles. The lowest BCUT2D eigenvalue weighted by atomic mass is 10.1. The van der Waals surface area contributed by atoms with Crippen LogP contribution in [0, 0.1) is 0 Å².